The number of hydrogen-bond acceptors (Lipinski definition) is 4. The number of piperidine rings is 1. The number of anilines is 1. The summed E-state index contributed by atoms with van der Waals surface area (Å²) in [5.74, 6) is 0.791. The van der Waals surface area contributed by atoms with Crippen molar-refractivity contribution in [2.24, 2.45) is 0 Å². The van der Waals surface area contributed by atoms with Crippen molar-refractivity contribution in [1.82, 2.24) is 15.6 Å². The van der Waals surface area contributed by atoms with E-state index in [1.54, 1.807) is 6.20 Å². The molecule has 1 atom stereocenters. The van der Waals surface area contributed by atoms with E-state index in [0.717, 1.165) is 25.5 Å². The zero-order valence-electron chi connectivity index (χ0n) is 13.9. The van der Waals surface area contributed by atoms with Gasteiger partial charge in [-0.3, -0.25) is 4.79 Å². The minimum Gasteiger partial charge on any atom is -0.356 e. The highest BCUT2D eigenvalue weighted by atomic mass is 35.5. The van der Waals surface area contributed by atoms with Crippen molar-refractivity contribution in [3.05, 3.63) is 23.9 Å². The van der Waals surface area contributed by atoms with Gasteiger partial charge in [0, 0.05) is 31.9 Å². The van der Waals surface area contributed by atoms with Crippen LogP contribution in [-0.2, 0) is 0 Å². The van der Waals surface area contributed by atoms with Gasteiger partial charge < -0.3 is 15.5 Å². The number of carbonyl (C=O) groups is 1. The molecular formula is C16H28Cl2N4O. The smallest absolute Gasteiger partial charge is 0.255 e. The number of halogens is 2. The molecule has 2 rings (SSSR count). The standard InChI is InChI=1S/C16H26N4O.2ClH/c1-3-17-13(2)12-19-16(21)14-8-7-9-18-15(14)20-10-5-4-6-11-20;;/h7-9,13,17H,3-6,10-12H2,1-2H3,(H,19,21);2*1H/t13-;;/m1../s1. The Bertz CT molecular complexity index is 467. The van der Waals surface area contributed by atoms with Gasteiger partial charge in [0.1, 0.15) is 5.82 Å². The summed E-state index contributed by atoms with van der Waals surface area (Å²) in [4.78, 5) is 19.1. The van der Waals surface area contributed by atoms with Gasteiger partial charge in [-0.25, -0.2) is 4.98 Å². The molecule has 1 aromatic heterocycles. The fourth-order valence-electron chi connectivity index (χ4n) is 2.69. The van der Waals surface area contributed by atoms with Gasteiger partial charge in [-0.05, 0) is 44.9 Å². The van der Waals surface area contributed by atoms with Crippen molar-refractivity contribution in [2.45, 2.75) is 39.2 Å². The molecule has 132 valence electrons. The van der Waals surface area contributed by atoms with Crippen molar-refractivity contribution < 1.29 is 4.79 Å². The zero-order chi connectivity index (χ0) is 15.1. The van der Waals surface area contributed by atoms with E-state index in [4.69, 9.17) is 0 Å². The molecule has 1 saturated heterocycles. The third-order valence-electron chi connectivity index (χ3n) is 3.81. The average Bonchev–Trinajstić information content (AvgIpc) is 2.54. The molecule has 23 heavy (non-hydrogen) atoms. The Morgan fingerprint density at radius 2 is 2.00 bits per heavy atom. The van der Waals surface area contributed by atoms with Crippen LogP contribution in [0, 0.1) is 0 Å². The third kappa shape index (κ3) is 6.53. The number of rotatable bonds is 6. The lowest BCUT2D eigenvalue weighted by atomic mass is 10.1. The SMILES string of the molecule is CCN[C@H](C)CNC(=O)c1cccnc1N1CCCCC1.Cl.Cl. The maximum Gasteiger partial charge on any atom is 0.255 e. The van der Waals surface area contributed by atoms with Crippen molar-refractivity contribution in [1.29, 1.82) is 0 Å². The monoisotopic (exact) mass is 362 g/mol. The summed E-state index contributed by atoms with van der Waals surface area (Å²) >= 11 is 0. The summed E-state index contributed by atoms with van der Waals surface area (Å²) in [6.45, 7) is 7.65. The first-order valence-electron chi connectivity index (χ1n) is 7.94. The average molecular weight is 363 g/mol. The van der Waals surface area contributed by atoms with E-state index in [0.29, 0.717) is 12.1 Å². The molecule has 0 aromatic carbocycles. The quantitative estimate of drug-likeness (QED) is 0.816. The molecule has 0 bridgehead atoms. The highest BCUT2D eigenvalue weighted by Crippen LogP contribution is 2.21. The van der Waals surface area contributed by atoms with Crippen molar-refractivity contribution in [2.75, 3.05) is 31.1 Å². The molecule has 0 spiro atoms. The van der Waals surface area contributed by atoms with Crippen LogP contribution in [0.3, 0.4) is 0 Å². The molecule has 0 unspecified atom stereocenters. The first-order valence-corrected chi connectivity index (χ1v) is 7.94. The Morgan fingerprint density at radius 1 is 1.30 bits per heavy atom. The largest absolute Gasteiger partial charge is 0.356 e. The van der Waals surface area contributed by atoms with Crippen LogP contribution < -0.4 is 15.5 Å². The van der Waals surface area contributed by atoms with Gasteiger partial charge >= 0.3 is 0 Å². The second-order valence-electron chi connectivity index (χ2n) is 5.59. The van der Waals surface area contributed by atoms with Gasteiger partial charge in [0.2, 0.25) is 0 Å². The van der Waals surface area contributed by atoms with Crippen molar-refractivity contribution >= 4 is 36.5 Å². The van der Waals surface area contributed by atoms with Gasteiger partial charge in [0.25, 0.3) is 5.91 Å². The number of nitrogens with one attached hydrogen (secondary N) is 2. The predicted octanol–water partition coefficient (Wildman–Crippen LogP) is 2.64. The molecule has 5 nitrogen and oxygen atoms in total. The number of hydrogen-bond donors (Lipinski definition) is 2. The summed E-state index contributed by atoms with van der Waals surface area (Å²) in [6, 6.07) is 3.97. The molecule has 1 aliphatic rings. The molecule has 1 aliphatic heterocycles. The second kappa shape index (κ2) is 11.5. The zero-order valence-corrected chi connectivity index (χ0v) is 15.5. The number of likely N-dealkylation sites (N-methyl/N-ethyl adjacent to an activating group) is 1. The van der Waals surface area contributed by atoms with Gasteiger partial charge in [0.05, 0.1) is 5.56 Å². The fraction of sp³-hybridized carbons (Fsp3) is 0.625. The van der Waals surface area contributed by atoms with Crippen LogP contribution in [0.15, 0.2) is 18.3 Å². The van der Waals surface area contributed by atoms with Gasteiger partial charge in [-0.1, -0.05) is 6.92 Å². The molecule has 0 radical (unpaired) electrons. The van der Waals surface area contributed by atoms with Crippen molar-refractivity contribution in [3.8, 4) is 0 Å². The molecule has 1 fully saturated rings. The van der Waals surface area contributed by atoms with E-state index < -0.39 is 0 Å². The van der Waals surface area contributed by atoms with E-state index in [2.05, 4.69) is 34.4 Å². The summed E-state index contributed by atoms with van der Waals surface area (Å²) in [5, 5.41) is 6.28. The maximum atomic E-state index is 12.4. The number of amides is 1. The molecule has 0 aliphatic carbocycles. The number of pyridine rings is 1. The molecule has 2 N–H and O–H groups in total. The number of carbonyl (C=O) groups excluding carboxylic acids is 1. The minimum absolute atomic E-state index is 0. The summed E-state index contributed by atoms with van der Waals surface area (Å²) in [7, 11) is 0. The molecule has 2 heterocycles. The lowest BCUT2D eigenvalue weighted by Crippen LogP contribution is -2.39. The molecule has 0 saturated carbocycles. The lowest BCUT2D eigenvalue weighted by molar-refractivity contribution is 0.0950. The number of aromatic nitrogens is 1. The first kappa shape index (κ1) is 22.0. The molecule has 1 aromatic rings. The number of nitrogens with zero attached hydrogens (tertiary/aromatic N) is 2. The van der Waals surface area contributed by atoms with Crippen LogP contribution in [0.5, 0.6) is 0 Å². The van der Waals surface area contributed by atoms with Crippen LogP contribution >= 0.6 is 24.8 Å². The fourth-order valence-corrected chi connectivity index (χ4v) is 2.69. The topological polar surface area (TPSA) is 57.3 Å². The molecule has 1 amide bonds. The van der Waals surface area contributed by atoms with Gasteiger partial charge in [0.15, 0.2) is 0 Å². The Morgan fingerprint density at radius 3 is 2.65 bits per heavy atom. The molecular weight excluding hydrogens is 335 g/mol. The van der Waals surface area contributed by atoms with E-state index in [1.165, 1.54) is 19.3 Å². The Hall–Kier alpha value is -1.04. The van der Waals surface area contributed by atoms with Crippen LogP contribution in [0.4, 0.5) is 5.82 Å². The molecule has 7 heteroatoms. The predicted molar refractivity (Wildman–Crippen MR) is 100 cm³/mol. The second-order valence-corrected chi connectivity index (χ2v) is 5.59. The lowest BCUT2D eigenvalue weighted by Gasteiger charge is -2.29. The maximum absolute atomic E-state index is 12.4. The first-order chi connectivity index (χ1) is 10.2. The summed E-state index contributed by atoms with van der Waals surface area (Å²) in [5.41, 5.74) is 0.683. The van der Waals surface area contributed by atoms with E-state index >= 15 is 0 Å². The van der Waals surface area contributed by atoms with Crippen molar-refractivity contribution in [3.63, 3.8) is 0 Å². The van der Waals surface area contributed by atoms with E-state index in [1.807, 2.05) is 12.1 Å². The van der Waals surface area contributed by atoms with Gasteiger partial charge in [-0.15, -0.1) is 24.8 Å². The van der Waals surface area contributed by atoms with Crippen LogP contribution in [0.25, 0.3) is 0 Å². The highest BCUT2D eigenvalue weighted by molar-refractivity contribution is 5.98. The van der Waals surface area contributed by atoms with Crippen LogP contribution in [0.1, 0.15) is 43.5 Å². The minimum atomic E-state index is -0.0339. The Labute approximate surface area is 151 Å². The normalized spacial score (nSPS) is 15.1. The van der Waals surface area contributed by atoms with Crippen LogP contribution in [-0.4, -0.2) is 43.1 Å². The Balaban J connectivity index is 0.00000242. The van der Waals surface area contributed by atoms with Crippen LogP contribution in [0.2, 0.25) is 0 Å². The third-order valence-corrected chi connectivity index (χ3v) is 3.81. The highest BCUT2D eigenvalue weighted by Gasteiger charge is 2.19. The van der Waals surface area contributed by atoms with Gasteiger partial charge in [-0.2, -0.15) is 0 Å². The Kier molecular flexibility index (Phi) is 11.0. The summed E-state index contributed by atoms with van der Waals surface area (Å²) in [6.07, 6.45) is 5.39. The van der Waals surface area contributed by atoms with E-state index in [-0.39, 0.29) is 36.8 Å². The van der Waals surface area contributed by atoms with E-state index in [9.17, 15) is 4.79 Å². The summed E-state index contributed by atoms with van der Waals surface area (Å²) < 4.78 is 0.